The van der Waals surface area contributed by atoms with Crippen molar-refractivity contribution in [3.05, 3.63) is 65.9 Å². The van der Waals surface area contributed by atoms with Crippen LogP contribution in [0.1, 0.15) is 11.1 Å². The van der Waals surface area contributed by atoms with Crippen LogP contribution in [0.4, 0.5) is 0 Å². The van der Waals surface area contributed by atoms with Crippen LogP contribution in [0.15, 0.2) is 64.4 Å². The van der Waals surface area contributed by atoms with E-state index in [1.165, 1.54) is 11.1 Å². The summed E-state index contributed by atoms with van der Waals surface area (Å²) in [5, 5.41) is 13.8. The van der Waals surface area contributed by atoms with Crippen LogP contribution in [0.5, 0.6) is 0 Å². The Kier molecular flexibility index (Phi) is 3.59. The van der Waals surface area contributed by atoms with Crippen molar-refractivity contribution in [2.75, 3.05) is 0 Å². The molecule has 4 rings (SSSR count). The number of aromatic nitrogens is 4. The molecule has 0 radical (unpaired) electrons. The number of thioether (sulfide) groups is 1. The van der Waals surface area contributed by atoms with Crippen LogP contribution in [0.3, 0.4) is 0 Å². The van der Waals surface area contributed by atoms with Crippen molar-refractivity contribution >= 4 is 17.4 Å². The zero-order valence-electron chi connectivity index (χ0n) is 12.5. The van der Waals surface area contributed by atoms with E-state index < -0.39 is 0 Å². The van der Waals surface area contributed by atoms with Gasteiger partial charge < -0.3 is 4.42 Å². The maximum Gasteiger partial charge on any atom is 0.212 e. The molecule has 0 bridgehead atoms. The zero-order chi connectivity index (χ0) is 15.6. The SMILES string of the molecule is Cc1ccc(CSc2nnc3ccc(-c4ccco4)nn23)cc1. The van der Waals surface area contributed by atoms with Crippen molar-refractivity contribution in [3.63, 3.8) is 0 Å². The lowest BCUT2D eigenvalue weighted by Crippen LogP contribution is -1.96. The largest absolute Gasteiger partial charge is 0.463 e. The minimum atomic E-state index is 0.728. The van der Waals surface area contributed by atoms with Crippen molar-refractivity contribution in [2.24, 2.45) is 0 Å². The smallest absolute Gasteiger partial charge is 0.212 e. The maximum absolute atomic E-state index is 5.40. The van der Waals surface area contributed by atoms with Gasteiger partial charge in [-0.25, -0.2) is 0 Å². The molecule has 3 heterocycles. The van der Waals surface area contributed by atoms with Gasteiger partial charge in [0, 0.05) is 5.75 Å². The van der Waals surface area contributed by atoms with Crippen LogP contribution in [-0.4, -0.2) is 19.8 Å². The van der Waals surface area contributed by atoms with Gasteiger partial charge in [0.25, 0.3) is 0 Å². The fraction of sp³-hybridized carbons (Fsp3) is 0.118. The summed E-state index contributed by atoms with van der Waals surface area (Å²) in [5.41, 5.74) is 4.00. The average molecular weight is 322 g/mol. The fourth-order valence-electron chi connectivity index (χ4n) is 2.25. The molecule has 0 spiro atoms. The second-order valence-corrected chi connectivity index (χ2v) is 6.17. The van der Waals surface area contributed by atoms with E-state index in [2.05, 4.69) is 46.5 Å². The van der Waals surface area contributed by atoms with E-state index >= 15 is 0 Å². The minimum absolute atomic E-state index is 0.728. The topological polar surface area (TPSA) is 56.2 Å². The molecular formula is C17H14N4OS. The molecule has 0 aliphatic carbocycles. The lowest BCUT2D eigenvalue weighted by molar-refractivity contribution is 0.577. The highest BCUT2D eigenvalue weighted by atomic mass is 32.2. The van der Waals surface area contributed by atoms with Gasteiger partial charge in [0.1, 0.15) is 5.69 Å². The van der Waals surface area contributed by atoms with E-state index in [-0.39, 0.29) is 0 Å². The van der Waals surface area contributed by atoms with Crippen LogP contribution >= 0.6 is 11.8 Å². The molecule has 0 aliphatic heterocycles. The number of benzene rings is 1. The van der Waals surface area contributed by atoms with Crippen molar-refractivity contribution < 1.29 is 4.42 Å². The predicted molar refractivity (Wildman–Crippen MR) is 89.2 cm³/mol. The number of rotatable bonds is 4. The highest BCUT2D eigenvalue weighted by molar-refractivity contribution is 7.98. The van der Waals surface area contributed by atoms with E-state index in [0.717, 1.165) is 28.0 Å². The van der Waals surface area contributed by atoms with Gasteiger partial charge in [-0.2, -0.15) is 9.61 Å². The first-order valence-corrected chi connectivity index (χ1v) is 8.23. The van der Waals surface area contributed by atoms with Crippen molar-refractivity contribution in [2.45, 2.75) is 17.8 Å². The Hall–Kier alpha value is -2.60. The van der Waals surface area contributed by atoms with Crippen LogP contribution in [-0.2, 0) is 5.75 Å². The third-order valence-electron chi connectivity index (χ3n) is 3.50. The maximum atomic E-state index is 5.40. The second kappa shape index (κ2) is 5.89. The number of aryl methyl sites for hydroxylation is 1. The molecule has 0 atom stereocenters. The van der Waals surface area contributed by atoms with E-state index in [1.807, 2.05) is 24.3 Å². The van der Waals surface area contributed by atoms with Crippen LogP contribution in [0.25, 0.3) is 17.1 Å². The predicted octanol–water partition coefficient (Wildman–Crippen LogP) is 3.99. The third kappa shape index (κ3) is 2.85. The van der Waals surface area contributed by atoms with E-state index in [1.54, 1.807) is 22.5 Å². The summed E-state index contributed by atoms with van der Waals surface area (Å²) in [7, 11) is 0. The Balaban J connectivity index is 1.62. The Bertz CT molecular complexity index is 929. The van der Waals surface area contributed by atoms with Gasteiger partial charge in [-0.1, -0.05) is 41.6 Å². The first kappa shape index (κ1) is 14.0. The summed E-state index contributed by atoms with van der Waals surface area (Å²) < 4.78 is 7.16. The monoisotopic (exact) mass is 322 g/mol. The van der Waals surface area contributed by atoms with E-state index in [9.17, 15) is 0 Å². The minimum Gasteiger partial charge on any atom is -0.463 e. The van der Waals surface area contributed by atoms with Crippen molar-refractivity contribution in [1.82, 2.24) is 19.8 Å². The molecule has 0 saturated heterocycles. The zero-order valence-corrected chi connectivity index (χ0v) is 13.3. The first-order chi connectivity index (χ1) is 11.3. The number of hydrogen-bond acceptors (Lipinski definition) is 5. The van der Waals surface area contributed by atoms with E-state index in [0.29, 0.717) is 0 Å². The number of fused-ring (bicyclic) bond motifs is 1. The Labute approximate surface area is 137 Å². The Morgan fingerprint density at radius 2 is 1.91 bits per heavy atom. The van der Waals surface area contributed by atoms with Crippen molar-refractivity contribution in [3.8, 4) is 11.5 Å². The van der Waals surface area contributed by atoms with Crippen molar-refractivity contribution in [1.29, 1.82) is 0 Å². The molecule has 0 saturated carbocycles. The molecule has 0 aliphatic rings. The van der Waals surface area contributed by atoms with Crippen LogP contribution in [0, 0.1) is 6.92 Å². The second-order valence-electron chi connectivity index (χ2n) is 5.22. The van der Waals surface area contributed by atoms with Gasteiger partial charge in [0.05, 0.1) is 6.26 Å². The summed E-state index contributed by atoms with van der Waals surface area (Å²) in [6.07, 6.45) is 1.64. The lowest BCUT2D eigenvalue weighted by atomic mass is 10.2. The third-order valence-corrected chi connectivity index (χ3v) is 4.49. The van der Waals surface area contributed by atoms with Gasteiger partial charge in [-0.15, -0.1) is 10.2 Å². The standard InChI is InChI=1S/C17H14N4OS/c1-12-4-6-13(7-5-12)11-23-17-19-18-16-9-8-14(20-21(16)17)15-3-2-10-22-15/h2-10H,11H2,1H3. The Morgan fingerprint density at radius 3 is 2.70 bits per heavy atom. The molecule has 3 aromatic heterocycles. The molecule has 1 aromatic carbocycles. The quantitative estimate of drug-likeness (QED) is 0.532. The lowest BCUT2D eigenvalue weighted by Gasteiger charge is -2.02. The summed E-state index contributed by atoms with van der Waals surface area (Å²) in [4.78, 5) is 0. The highest BCUT2D eigenvalue weighted by Gasteiger charge is 2.10. The summed E-state index contributed by atoms with van der Waals surface area (Å²) in [6.45, 7) is 2.09. The van der Waals surface area contributed by atoms with E-state index in [4.69, 9.17) is 4.42 Å². The molecule has 23 heavy (non-hydrogen) atoms. The van der Waals surface area contributed by atoms with Gasteiger partial charge in [0.15, 0.2) is 11.4 Å². The average Bonchev–Trinajstić information content (AvgIpc) is 3.24. The van der Waals surface area contributed by atoms with Gasteiger partial charge >= 0.3 is 0 Å². The molecule has 0 fully saturated rings. The van der Waals surface area contributed by atoms with Crippen LogP contribution in [0.2, 0.25) is 0 Å². The van der Waals surface area contributed by atoms with Crippen LogP contribution < -0.4 is 0 Å². The van der Waals surface area contributed by atoms with Gasteiger partial charge in [-0.05, 0) is 36.8 Å². The first-order valence-electron chi connectivity index (χ1n) is 7.24. The summed E-state index contributed by atoms with van der Waals surface area (Å²) in [6, 6.07) is 16.0. The van der Waals surface area contributed by atoms with Gasteiger partial charge in [-0.3, -0.25) is 0 Å². The summed E-state index contributed by atoms with van der Waals surface area (Å²) >= 11 is 1.62. The fourth-order valence-corrected chi connectivity index (χ4v) is 3.09. The molecule has 0 amide bonds. The summed E-state index contributed by atoms with van der Waals surface area (Å²) in [5.74, 6) is 1.56. The number of furan rings is 1. The number of hydrogen-bond donors (Lipinski definition) is 0. The molecule has 4 aromatic rings. The molecular weight excluding hydrogens is 308 g/mol. The normalized spacial score (nSPS) is 11.2. The molecule has 6 heteroatoms. The molecule has 114 valence electrons. The molecule has 0 N–H and O–H groups in total. The number of nitrogens with zero attached hydrogens (tertiary/aromatic N) is 4. The van der Waals surface area contributed by atoms with Gasteiger partial charge in [0.2, 0.25) is 5.16 Å². The highest BCUT2D eigenvalue weighted by Crippen LogP contribution is 2.23. The molecule has 5 nitrogen and oxygen atoms in total. The Morgan fingerprint density at radius 1 is 1.04 bits per heavy atom. The molecule has 0 unspecified atom stereocenters.